The van der Waals surface area contributed by atoms with Crippen LogP contribution < -0.4 is 9.47 Å². The van der Waals surface area contributed by atoms with Gasteiger partial charge in [0.2, 0.25) is 0 Å². The van der Waals surface area contributed by atoms with Crippen molar-refractivity contribution in [2.75, 3.05) is 13.7 Å². The van der Waals surface area contributed by atoms with Crippen LogP contribution in [0.3, 0.4) is 0 Å². The highest BCUT2D eigenvalue weighted by molar-refractivity contribution is 5.88. The topological polar surface area (TPSA) is 161 Å². The molecule has 1 fully saturated rings. The van der Waals surface area contributed by atoms with Crippen molar-refractivity contribution >= 4 is 29.8 Å². The van der Waals surface area contributed by atoms with Gasteiger partial charge in [0.15, 0.2) is 23.7 Å². The highest BCUT2D eigenvalue weighted by Gasteiger charge is 2.52. The summed E-state index contributed by atoms with van der Waals surface area (Å²) >= 11 is 0. The van der Waals surface area contributed by atoms with Crippen LogP contribution in [-0.2, 0) is 38.1 Å². The van der Waals surface area contributed by atoms with Gasteiger partial charge in [0.1, 0.15) is 12.2 Å². The first kappa shape index (κ1) is 27.4. The van der Waals surface area contributed by atoms with Crippen molar-refractivity contribution in [1.29, 1.82) is 0 Å². The Kier molecular flexibility index (Phi) is 9.43. The van der Waals surface area contributed by atoms with Crippen molar-refractivity contribution in [3.8, 4) is 11.5 Å². The van der Waals surface area contributed by atoms with E-state index >= 15 is 0 Å². The maximum Gasteiger partial charge on any atom is 0.335 e. The highest BCUT2D eigenvalue weighted by Crippen LogP contribution is 2.37. The summed E-state index contributed by atoms with van der Waals surface area (Å²) in [4.78, 5) is 58.4. The largest absolute Gasteiger partial charge is 0.493 e. The molecule has 1 aromatic carbocycles. The molecule has 1 N–H and O–H groups in total. The van der Waals surface area contributed by atoms with Gasteiger partial charge in [-0.2, -0.15) is 0 Å². The van der Waals surface area contributed by atoms with Crippen LogP contribution in [0.5, 0.6) is 11.5 Å². The predicted molar refractivity (Wildman–Crippen MR) is 116 cm³/mol. The summed E-state index contributed by atoms with van der Waals surface area (Å²) in [5.41, 5.74) is -0.0465. The van der Waals surface area contributed by atoms with Crippen molar-refractivity contribution in [3.05, 3.63) is 23.8 Å². The smallest absolute Gasteiger partial charge is 0.335 e. The average molecular weight is 496 g/mol. The molecule has 12 heteroatoms. The minimum absolute atomic E-state index is 0.0464. The number of rotatable bonds is 9. The fourth-order valence-electron chi connectivity index (χ4n) is 3.81. The van der Waals surface area contributed by atoms with E-state index in [1.807, 2.05) is 0 Å². The summed E-state index contributed by atoms with van der Waals surface area (Å²) < 4.78 is 32.7. The number of carbonyl (C=O) groups excluding carboxylic acids is 4. The fraction of sp³-hybridized carbons (Fsp3) is 0.522. The van der Waals surface area contributed by atoms with Crippen molar-refractivity contribution in [1.82, 2.24) is 0 Å². The third-order valence-electron chi connectivity index (χ3n) is 5.11. The zero-order valence-electron chi connectivity index (χ0n) is 20.0. The Morgan fingerprint density at radius 3 is 1.91 bits per heavy atom. The Bertz CT molecular complexity index is 971. The lowest BCUT2D eigenvalue weighted by atomic mass is 9.80. The second-order valence-corrected chi connectivity index (χ2v) is 7.85. The SMILES string of the molecule is COc1cc(C(=O)O)ccc1OC1C[C@H](COC(C)=O)[C@H](OC(C)=O)[C@H](OC(C)=O)[C@H]1OC(C)=O. The zero-order valence-corrected chi connectivity index (χ0v) is 20.0. The van der Waals surface area contributed by atoms with Gasteiger partial charge in [-0.05, 0) is 24.6 Å². The van der Waals surface area contributed by atoms with E-state index in [0.717, 1.165) is 20.8 Å². The van der Waals surface area contributed by atoms with Gasteiger partial charge >= 0.3 is 29.8 Å². The molecule has 1 unspecified atom stereocenters. The molecule has 1 aliphatic rings. The standard InChI is InChI=1S/C23H28O12/c1-11(24)31-10-16-9-19(35-17-7-6-15(23(28)29)8-18(17)30-5)21(33-13(3)26)22(34-14(4)27)20(16)32-12(2)25/h6-8,16,19-22H,9-10H2,1-5H3,(H,28,29)/t16-,19?,20+,21+,22+/m1/s1. The Balaban J connectivity index is 2.52. The minimum atomic E-state index is -1.29. The number of methoxy groups -OCH3 is 1. The predicted octanol–water partition coefficient (Wildman–Crippen LogP) is 1.52. The quantitative estimate of drug-likeness (QED) is 0.388. The number of hydrogen-bond acceptors (Lipinski definition) is 11. The third-order valence-corrected chi connectivity index (χ3v) is 5.11. The van der Waals surface area contributed by atoms with E-state index in [-0.39, 0.29) is 30.1 Å². The van der Waals surface area contributed by atoms with E-state index < -0.39 is 60.2 Å². The zero-order chi connectivity index (χ0) is 26.3. The monoisotopic (exact) mass is 496 g/mol. The molecule has 0 amide bonds. The van der Waals surface area contributed by atoms with Crippen LogP contribution in [-0.4, -0.2) is 73.1 Å². The second kappa shape index (κ2) is 12.0. The molecular weight excluding hydrogens is 468 g/mol. The van der Waals surface area contributed by atoms with Crippen LogP contribution in [0.1, 0.15) is 44.5 Å². The number of aromatic carboxylic acids is 1. The van der Waals surface area contributed by atoms with Crippen LogP contribution in [0, 0.1) is 5.92 Å². The van der Waals surface area contributed by atoms with E-state index in [9.17, 15) is 29.1 Å². The number of carboxylic acid groups (broad SMARTS) is 1. The summed E-state index contributed by atoms with van der Waals surface area (Å²) in [5.74, 6) is -4.38. The lowest BCUT2D eigenvalue weighted by Crippen LogP contribution is -2.60. The van der Waals surface area contributed by atoms with Gasteiger partial charge in [0.05, 0.1) is 19.3 Å². The van der Waals surface area contributed by atoms with Crippen LogP contribution in [0.15, 0.2) is 18.2 Å². The summed E-state index contributed by atoms with van der Waals surface area (Å²) in [6.45, 7) is 4.45. The summed E-state index contributed by atoms with van der Waals surface area (Å²) in [5, 5.41) is 9.23. The molecule has 0 heterocycles. The highest BCUT2D eigenvalue weighted by atomic mass is 16.6. The van der Waals surface area contributed by atoms with Crippen LogP contribution in [0.2, 0.25) is 0 Å². The molecular formula is C23H28O12. The Labute approximate surface area is 201 Å². The average Bonchev–Trinajstić information content (AvgIpc) is 2.75. The van der Waals surface area contributed by atoms with E-state index in [0.29, 0.717) is 0 Å². The maximum atomic E-state index is 11.9. The van der Waals surface area contributed by atoms with Gasteiger partial charge in [0, 0.05) is 33.6 Å². The minimum Gasteiger partial charge on any atom is -0.493 e. The van der Waals surface area contributed by atoms with Gasteiger partial charge in [-0.25, -0.2) is 4.79 Å². The molecule has 2 rings (SSSR count). The van der Waals surface area contributed by atoms with E-state index in [1.165, 1.54) is 32.2 Å². The fourth-order valence-corrected chi connectivity index (χ4v) is 3.81. The van der Waals surface area contributed by atoms with Crippen molar-refractivity contribution in [2.45, 2.75) is 58.5 Å². The maximum absolute atomic E-state index is 11.9. The molecule has 1 aromatic rings. The number of benzene rings is 1. The third kappa shape index (κ3) is 7.59. The molecule has 5 atom stereocenters. The van der Waals surface area contributed by atoms with Gasteiger partial charge in [0.25, 0.3) is 0 Å². The first-order valence-electron chi connectivity index (χ1n) is 10.7. The van der Waals surface area contributed by atoms with Crippen LogP contribution in [0.25, 0.3) is 0 Å². The van der Waals surface area contributed by atoms with Crippen LogP contribution >= 0.6 is 0 Å². The molecule has 0 aliphatic heterocycles. The summed E-state index contributed by atoms with van der Waals surface area (Å²) in [6, 6.07) is 3.92. The number of carboxylic acids is 1. The molecule has 192 valence electrons. The molecule has 0 aromatic heterocycles. The molecule has 0 bridgehead atoms. The van der Waals surface area contributed by atoms with Gasteiger partial charge in [-0.1, -0.05) is 0 Å². The number of ether oxygens (including phenoxy) is 6. The van der Waals surface area contributed by atoms with Crippen molar-refractivity contribution in [2.24, 2.45) is 5.92 Å². The summed E-state index contributed by atoms with van der Waals surface area (Å²) in [7, 11) is 1.32. The number of esters is 4. The lowest BCUT2D eigenvalue weighted by Gasteiger charge is -2.44. The number of carbonyl (C=O) groups is 5. The Morgan fingerprint density at radius 1 is 0.829 bits per heavy atom. The molecule has 12 nitrogen and oxygen atoms in total. The Hall–Kier alpha value is -3.83. The van der Waals surface area contributed by atoms with Gasteiger partial charge < -0.3 is 33.5 Å². The molecule has 0 saturated heterocycles. The normalized spacial score (nSPS) is 23.4. The lowest BCUT2D eigenvalue weighted by molar-refractivity contribution is -0.213. The molecule has 0 spiro atoms. The Morgan fingerprint density at radius 2 is 1.40 bits per heavy atom. The van der Waals surface area contributed by atoms with Crippen molar-refractivity contribution in [3.63, 3.8) is 0 Å². The number of hydrogen-bond donors (Lipinski definition) is 1. The van der Waals surface area contributed by atoms with Crippen molar-refractivity contribution < 1.29 is 57.5 Å². The van der Waals surface area contributed by atoms with Crippen LogP contribution in [0.4, 0.5) is 0 Å². The van der Waals surface area contributed by atoms with Gasteiger partial charge in [-0.15, -0.1) is 0 Å². The van der Waals surface area contributed by atoms with E-state index in [4.69, 9.17) is 28.4 Å². The van der Waals surface area contributed by atoms with E-state index in [1.54, 1.807) is 0 Å². The molecule has 1 saturated carbocycles. The second-order valence-electron chi connectivity index (χ2n) is 7.85. The van der Waals surface area contributed by atoms with Gasteiger partial charge in [-0.3, -0.25) is 19.2 Å². The first-order chi connectivity index (χ1) is 16.4. The molecule has 0 radical (unpaired) electrons. The molecule has 1 aliphatic carbocycles. The molecule has 35 heavy (non-hydrogen) atoms. The first-order valence-corrected chi connectivity index (χ1v) is 10.7. The van der Waals surface area contributed by atoms with E-state index in [2.05, 4.69) is 0 Å². The summed E-state index contributed by atoms with van der Waals surface area (Å²) in [6.07, 6.45) is -4.57.